The van der Waals surface area contributed by atoms with E-state index in [1.54, 1.807) is 11.1 Å². The SMILES string of the molecule is c1ccc(-c2ccc(Nc3ccc4c(c3)C3CCC4CC3)cc2)cc1. The first-order valence-electron chi connectivity index (χ1n) is 9.43. The highest BCUT2D eigenvalue weighted by Gasteiger charge is 2.32. The molecule has 0 saturated heterocycles. The Labute approximate surface area is 149 Å². The van der Waals surface area contributed by atoms with Crippen molar-refractivity contribution in [1.29, 1.82) is 0 Å². The topological polar surface area (TPSA) is 12.0 Å². The van der Waals surface area contributed by atoms with Crippen LogP contribution in [0.15, 0.2) is 72.8 Å². The Kier molecular flexibility index (Phi) is 3.59. The van der Waals surface area contributed by atoms with Gasteiger partial charge < -0.3 is 5.32 Å². The monoisotopic (exact) mass is 325 g/mol. The minimum Gasteiger partial charge on any atom is -0.356 e. The fourth-order valence-corrected chi connectivity index (χ4v) is 4.64. The van der Waals surface area contributed by atoms with Crippen LogP contribution in [-0.4, -0.2) is 0 Å². The zero-order valence-electron chi connectivity index (χ0n) is 14.4. The number of fused-ring (bicyclic) bond motifs is 2. The van der Waals surface area contributed by atoms with Gasteiger partial charge in [-0.2, -0.15) is 0 Å². The third kappa shape index (κ3) is 2.74. The molecule has 1 nitrogen and oxygen atoms in total. The summed E-state index contributed by atoms with van der Waals surface area (Å²) in [5.74, 6) is 1.61. The molecule has 0 atom stereocenters. The Hall–Kier alpha value is -2.54. The van der Waals surface area contributed by atoms with Crippen molar-refractivity contribution in [2.24, 2.45) is 0 Å². The van der Waals surface area contributed by atoms with Crippen molar-refractivity contribution < 1.29 is 0 Å². The molecule has 0 spiro atoms. The summed E-state index contributed by atoms with van der Waals surface area (Å²) in [6, 6.07) is 26.3. The van der Waals surface area contributed by atoms with Gasteiger partial charge >= 0.3 is 0 Å². The summed E-state index contributed by atoms with van der Waals surface area (Å²) in [6.07, 6.45) is 5.55. The van der Waals surface area contributed by atoms with E-state index in [4.69, 9.17) is 0 Å². The molecule has 3 aromatic rings. The lowest BCUT2D eigenvalue weighted by atomic mass is 9.67. The normalized spacial score (nSPS) is 21.0. The summed E-state index contributed by atoms with van der Waals surface area (Å²) in [6.45, 7) is 0. The second-order valence-corrected chi connectivity index (χ2v) is 7.46. The van der Waals surface area contributed by atoms with Crippen molar-refractivity contribution in [3.05, 3.63) is 83.9 Å². The predicted molar refractivity (Wildman–Crippen MR) is 106 cm³/mol. The Morgan fingerprint density at radius 2 is 1.16 bits per heavy atom. The van der Waals surface area contributed by atoms with E-state index >= 15 is 0 Å². The van der Waals surface area contributed by atoms with Crippen LogP contribution in [0.2, 0.25) is 0 Å². The van der Waals surface area contributed by atoms with Gasteiger partial charge in [0.1, 0.15) is 0 Å². The van der Waals surface area contributed by atoms with Crippen LogP contribution in [0.4, 0.5) is 11.4 Å². The van der Waals surface area contributed by atoms with Gasteiger partial charge in [-0.05, 0) is 84.0 Å². The summed E-state index contributed by atoms with van der Waals surface area (Å²) in [4.78, 5) is 0. The Bertz CT molecular complexity index is 872. The van der Waals surface area contributed by atoms with E-state index in [2.05, 4.69) is 78.1 Å². The van der Waals surface area contributed by atoms with Crippen molar-refractivity contribution in [3.8, 4) is 11.1 Å². The number of benzene rings is 3. The molecule has 0 unspecified atom stereocenters. The zero-order chi connectivity index (χ0) is 16.6. The Morgan fingerprint density at radius 3 is 1.88 bits per heavy atom. The molecule has 3 aliphatic carbocycles. The van der Waals surface area contributed by atoms with Gasteiger partial charge in [0.05, 0.1) is 0 Å². The van der Waals surface area contributed by atoms with Gasteiger partial charge in [0.25, 0.3) is 0 Å². The number of hydrogen-bond acceptors (Lipinski definition) is 1. The van der Waals surface area contributed by atoms with Crippen LogP contribution in [0.25, 0.3) is 11.1 Å². The first-order valence-corrected chi connectivity index (χ1v) is 9.43. The third-order valence-electron chi connectivity index (χ3n) is 5.97. The first-order chi connectivity index (χ1) is 12.4. The maximum absolute atomic E-state index is 3.59. The lowest BCUT2D eigenvalue weighted by Gasteiger charge is -2.38. The molecule has 25 heavy (non-hydrogen) atoms. The zero-order valence-corrected chi connectivity index (χ0v) is 14.4. The fourth-order valence-electron chi connectivity index (χ4n) is 4.64. The van der Waals surface area contributed by atoms with E-state index in [1.807, 2.05) is 0 Å². The molecule has 6 rings (SSSR count). The maximum Gasteiger partial charge on any atom is 0.0387 e. The summed E-state index contributed by atoms with van der Waals surface area (Å²) in [7, 11) is 0. The van der Waals surface area contributed by atoms with E-state index < -0.39 is 0 Å². The van der Waals surface area contributed by atoms with Gasteiger partial charge in [-0.25, -0.2) is 0 Å². The molecule has 2 bridgehead atoms. The molecule has 3 aliphatic rings. The summed E-state index contributed by atoms with van der Waals surface area (Å²) in [5.41, 5.74) is 8.12. The van der Waals surface area contributed by atoms with Crippen molar-refractivity contribution in [2.45, 2.75) is 37.5 Å². The lowest BCUT2D eigenvalue weighted by molar-refractivity contribution is 0.359. The first kappa shape index (κ1) is 14.8. The minimum absolute atomic E-state index is 0.794. The molecule has 1 heteroatoms. The highest BCUT2D eigenvalue weighted by atomic mass is 14.9. The number of rotatable bonds is 3. The second-order valence-electron chi connectivity index (χ2n) is 7.46. The highest BCUT2D eigenvalue weighted by molar-refractivity contribution is 5.69. The molecule has 0 aliphatic heterocycles. The molecule has 0 heterocycles. The van der Waals surface area contributed by atoms with Crippen molar-refractivity contribution >= 4 is 11.4 Å². The van der Waals surface area contributed by atoms with Gasteiger partial charge in [0.15, 0.2) is 0 Å². The van der Waals surface area contributed by atoms with Crippen LogP contribution in [0.3, 0.4) is 0 Å². The van der Waals surface area contributed by atoms with Gasteiger partial charge in [-0.3, -0.25) is 0 Å². The highest BCUT2D eigenvalue weighted by Crippen LogP contribution is 2.49. The quantitative estimate of drug-likeness (QED) is 0.555. The van der Waals surface area contributed by atoms with Crippen molar-refractivity contribution in [3.63, 3.8) is 0 Å². The van der Waals surface area contributed by atoms with Crippen molar-refractivity contribution in [2.75, 3.05) is 5.32 Å². The predicted octanol–water partition coefficient (Wildman–Crippen LogP) is 6.85. The average Bonchev–Trinajstić information content (AvgIpc) is 2.70. The smallest absolute Gasteiger partial charge is 0.0387 e. The second kappa shape index (κ2) is 6.07. The van der Waals surface area contributed by atoms with Gasteiger partial charge in [-0.1, -0.05) is 48.5 Å². The van der Waals surface area contributed by atoms with E-state index in [0.717, 1.165) is 17.5 Å². The number of nitrogens with one attached hydrogen (secondary N) is 1. The molecule has 1 saturated carbocycles. The fraction of sp³-hybridized carbons (Fsp3) is 0.250. The number of anilines is 2. The molecular weight excluding hydrogens is 302 g/mol. The summed E-state index contributed by atoms with van der Waals surface area (Å²) in [5, 5.41) is 3.59. The molecular formula is C24H23N. The van der Waals surface area contributed by atoms with Crippen LogP contribution < -0.4 is 5.32 Å². The van der Waals surface area contributed by atoms with E-state index in [0.29, 0.717) is 0 Å². The van der Waals surface area contributed by atoms with Crippen LogP contribution in [0, 0.1) is 0 Å². The lowest BCUT2D eigenvalue weighted by Crippen LogP contribution is -2.21. The van der Waals surface area contributed by atoms with Gasteiger partial charge in [-0.15, -0.1) is 0 Å². The molecule has 1 fully saturated rings. The van der Waals surface area contributed by atoms with Crippen molar-refractivity contribution in [1.82, 2.24) is 0 Å². The Morgan fingerprint density at radius 1 is 0.560 bits per heavy atom. The van der Waals surface area contributed by atoms with Gasteiger partial charge in [0, 0.05) is 11.4 Å². The molecule has 0 radical (unpaired) electrons. The van der Waals surface area contributed by atoms with E-state index in [1.165, 1.54) is 42.5 Å². The third-order valence-corrected chi connectivity index (χ3v) is 5.97. The van der Waals surface area contributed by atoms with Crippen LogP contribution in [-0.2, 0) is 0 Å². The van der Waals surface area contributed by atoms with E-state index in [9.17, 15) is 0 Å². The maximum atomic E-state index is 3.59. The minimum atomic E-state index is 0.794. The molecule has 1 N–H and O–H groups in total. The van der Waals surface area contributed by atoms with Crippen LogP contribution in [0.5, 0.6) is 0 Å². The van der Waals surface area contributed by atoms with Gasteiger partial charge in [0.2, 0.25) is 0 Å². The summed E-state index contributed by atoms with van der Waals surface area (Å²) < 4.78 is 0. The Balaban J connectivity index is 1.38. The molecule has 0 aromatic heterocycles. The molecule has 0 amide bonds. The van der Waals surface area contributed by atoms with Crippen LogP contribution >= 0.6 is 0 Å². The van der Waals surface area contributed by atoms with E-state index in [-0.39, 0.29) is 0 Å². The molecule has 3 aromatic carbocycles. The average molecular weight is 325 g/mol. The largest absolute Gasteiger partial charge is 0.356 e. The molecule has 124 valence electrons. The van der Waals surface area contributed by atoms with Crippen LogP contribution in [0.1, 0.15) is 48.6 Å². The number of hydrogen-bond donors (Lipinski definition) is 1. The summed E-state index contributed by atoms with van der Waals surface area (Å²) >= 11 is 0. The standard InChI is InChI=1S/C24H23N/c1-2-4-17(5-3-1)18-10-12-21(13-11-18)25-22-14-15-23-19-6-8-20(9-7-19)24(23)16-22/h1-5,10-16,19-20,25H,6-9H2.